The lowest BCUT2D eigenvalue weighted by molar-refractivity contribution is -0.119. The number of unbranched alkanes of at least 4 members (excludes halogenated alkanes) is 21. The van der Waals surface area contributed by atoms with Crippen LogP contribution in [0.25, 0.3) is 0 Å². The van der Waals surface area contributed by atoms with Crippen LogP contribution in [0.3, 0.4) is 0 Å². The highest BCUT2D eigenvalue weighted by molar-refractivity contribution is 5.78. The van der Waals surface area contributed by atoms with E-state index >= 15 is 0 Å². The molecule has 0 spiro atoms. The van der Waals surface area contributed by atoms with Gasteiger partial charge in [0.1, 0.15) is 5.78 Å². The Kier molecular flexibility index (Phi) is 36.0. The Balaban J connectivity index is 3.29. The maximum absolute atomic E-state index is 11.5. The Hall–Kier alpha value is -1.15. The SMILES string of the molecule is CCCCCCCC/C=C\CCCCCCCCC(N)CCCCCCCC/C=C\C/C=C\CCCCCC(=O)CCC. The number of nitrogens with two attached hydrogens (primary N) is 1. The molecule has 0 fully saturated rings. The molecule has 2 nitrogen and oxygen atoms in total. The van der Waals surface area contributed by atoms with E-state index in [-0.39, 0.29) is 0 Å². The fourth-order valence-corrected chi connectivity index (χ4v) is 5.85. The Bertz CT molecular complexity index is 634. The van der Waals surface area contributed by atoms with Crippen LogP contribution in [0.2, 0.25) is 0 Å². The molecule has 43 heavy (non-hydrogen) atoms. The molecule has 1 atom stereocenters. The lowest BCUT2D eigenvalue weighted by atomic mass is 10.0. The van der Waals surface area contributed by atoms with Crippen molar-refractivity contribution >= 4 is 5.78 Å². The predicted molar refractivity (Wildman–Crippen MR) is 195 cm³/mol. The summed E-state index contributed by atoms with van der Waals surface area (Å²) in [6, 6.07) is 0.428. The molecule has 2 heteroatoms. The maximum atomic E-state index is 11.5. The smallest absolute Gasteiger partial charge is 0.132 e. The van der Waals surface area contributed by atoms with Crippen molar-refractivity contribution < 1.29 is 4.79 Å². The molecule has 0 amide bonds. The lowest BCUT2D eigenvalue weighted by Gasteiger charge is -2.11. The van der Waals surface area contributed by atoms with Crippen LogP contribution < -0.4 is 5.73 Å². The maximum Gasteiger partial charge on any atom is 0.132 e. The fraction of sp³-hybridized carbons (Fsp3) is 0.829. The molecule has 1 unspecified atom stereocenters. The van der Waals surface area contributed by atoms with Crippen LogP contribution in [0, 0.1) is 0 Å². The number of rotatable bonds is 35. The normalized spacial score (nSPS) is 12.8. The molecule has 0 aromatic rings. The number of hydrogen-bond acceptors (Lipinski definition) is 2. The van der Waals surface area contributed by atoms with Crippen molar-refractivity contribution in [3.63, 3.8) is 0 Å². The highest BCUT2D eigenvalue weighted by Gasteiger charge is 2.02. The minimum absolute atomic E-state index is 0.428. The van der Waals surface area contributed by atoms with Crippen molar-refractivity contribution in [1.82, 2.24) is 0 Å². The molecule has 0 saturated heterocycles. The van der Waals surface area contributed by atoms with Gasteiger partial charge in [0.15, 0.2) is 0 Å². The summed E-state index contributed by atoms with van der Waals surface area (Å²) in [6.07, 6.45) is 53.4. The molecule has 0 radical (unpaired) electrons. The molecular weight excluding hydrogens is 522 g/mol. The Morgan fingerprint density at radius 1 is 0.442 bits per heavy atom. The van der Waals surface area contributed by atoms with Crippen LogP contribution in [0.1, 0.15) is 213 Å². The summed E-state index contributed by atoms with van der Waals surface area (Å²) in [5.41, 5.74) is 6.39. The van der Waals surface area contributed by atoms with Crippen LogP contribution in [-0.4, -0.2) is 11.8 Å². The Labute approximate surface area is 271 Å². The van der Waals surface area contributed by atoms with E-state index in [2.05, 4.69) is 50.3 Å². The molecule has 0 aliphatic rings. The summed E-state index contributed by atoms with van der Waals surface area (Å²) in [7, 11) is 0. The van der Waals surface area contributed by atoms with Crippen LogP contribution in [0.5, 0.6) is 0 Å². The third-order valence-corrected chi connectivity index (χ3v) is 8.74. The van der Waals surface area contributed by atoms with Gasteiger partial charge in [0, 0.05) is 18.9 Å². The van der Waals surface area contributed by atoms with Gasteiger partial charge >= 0.3 is 0 Å². The van der Waals surface area contributed by atoms with E-state index in [1.54, 1.807) is 0 Å². The number of carbonyl (C=O) groups is 1. The van der Waals surface area contributed by atoms with Gasteiger partial charge in [0.25, 0.3) is 0 Å². The van der Waals surface area contributed by atoms with Gasteiger partial charge in [-0.1, -0.05) is 153 Å². The first-order valence-corrected chi connectivity index (χ1v) is 19.4. The van der Waals surface area contributed by atoms with Crippen LogP contribution >= 0.6 is 0 Å². The van der Waals surface area contributed by atoms with Crippen molar-refractivity contribution in [2.45, 2.75) is 219 Å². The molecule has 2 N–H and O–H groups in total. The quantitative estimate of drug-likeness (QED) is 0.0581. The van der Waals surface area contributed by atoms with Gasteiger partial charge in [-0.25, -0.2) is 0 Å². The number of Topliss-reactive ketones (excluding diaryl/α,β-unsaturated/α-hetero) is 1. The second-order valence-corrected chi connectivity index (χ2v) is 13.3. The summed E-state index contributed by atoms with van der Waals surface area (Å²) in [5.74, 6) is 0.442. The molecule has 0 bridgehead atoms. The second-order valence-electron chi connectivity index (χ2n) is 13.3. The van der Waals surface area contributed by atoms with Crippen LogP contribution in [0.15, 0.2) is 36.5 Å². The van der Waals surface area contributed by atoms with E-state index in [0.717, 1.165) is 38.5 Å². The third kappa shape index (κ3) is 36.9. The summed E-state index contributed by atoms with van der Waals surface area (Å²) >= 11 is 0. The molecular formula is C41H77NO. The van der Waals surface area contributed by atoms with E-state index in [0.29, 0.717) is 11.8 Å². The van der Waals surface area contributed by atoms with E-state index in [9.17, 15) is 4.79 Å². The monoisotopic (exact) mass is 600 g/mol. The number of carbonyl (C=O) groups excluding carboxylic acids is 1. The molecule has 0 aromatic heterocycles. The minimum Gasteiger partial charge on any atom is -0.328 e. The number of ketones is 1. The van der Waals surface area contributed by atoms with E-state index in [1.807, 2.05) is 0 Å². The van der Waals surface area contributed by atoms with Gasteiger partial charge in [0.05, 0.1) is 0 Å². The fourth-order valence-electron chi connectivity index (χ4n) is 5.85. The van der Waals surface area contributed by atoms with Crippen molar-refractivity contribution in [1.29, 1.82) is 0 Å². The molecule has 0 aliphatic carbocycles. The molecule has 0 aromatic carbocycles. The van der Waals surface area contributed by atoms with Gasteiger partial charge < -0.3 is 5.73 Å². The molecule has 0 rings (SSSR count). The zero-order valence-corrected chi connectivity index (χ0v) is 29.4. The van der Waals surface area contributed by atoms with Gasteiger partial charge in [0.2, 0.25) is 0 Å². The largest absolute Gasteiger partial charge is 0.328 e. The van der Waals surface area contributed by atoms with E-state index in [4.69, 9.17) is 5.73 Å². The molecule has 0 saturated carbocycles. The van der Waals surface area contributed by atoms with Crippen molar-refractivity contribution in [3.05, 3.63) is 36.5 Å². The average Bonchev–Trinajstić information content (AvgIpc) is 3.00. The highest BCUT2D eigenvalue weighted by Crippen LogP contribution is 2.15. The Morgan fingerprint density at radius 3 is 1.26 bits per heavy atom. The lowest BCUT2D eigenvalue weighted by Crippen LogP contribution is -2.19. The Morgan fingerprint density at radius 2 is 0.814 bits per heavy atom. The summed E-state index contributed by atoms with van der Waals surface area (Å²) < 4.78 is 0. The average molecular weight is 600 g/mol. The van der Waals surface area contributed by atoms with Gasteiger partial charge in [-0.2, -0.15) is 0 Å². The minimum atomic E-state index is 0.428. The first-order valence-electron chi connectivity index (χ1n) is 19.4. The summed E-state index contributed by atoms with van der Waals surface area (Å²) in [4.78, 5) is 11.5. The topological polar surface area (TPSA) is 43.1 Å². The van der Waals surface area contributed by atoms with Crippen LogP contribution in [-0.2, 0) is 4.79 Å². The van der Waals surface area contributed by atoms with Crippen molar-refractivity contribution in [2.75, 3.05) is 0 Å². The third-order valence-electron chi connectivity index (χ3n) is 8.74. The number of hydrogen-bond donors (Lipinski definition) is 1. The molecule has 252 valence electrons. The predicted octanol–water partition coefficient (Wildman–Crippen LogP) is 13.7. The standard InChI is InChI=1S/C41H77NO/c1-3-5-6-7-8-9-10-11-12-15-18-21-24-27-30-33-37-40(42)38-34-31-28-25-22-19-16-13-14-17-20-23-26-29-32-35-39-41(43)36-4-2/h11-14,20,23,40H,3-10,15-19,21-22,24-39,42H2,1-2H3/b12-11-,14-13-,23-20-. The highest BCUT2D eigenvalue weighted by atomic mass is 16.1. The second kappa shape index (κ2) is 37.0. The van der Waals surface area contributed by atoms with Crippen LogP contribution in [0.4, 0.5) is 0 Å². The van der Waals surface area contributed by atoms with Gasteiger partial charge in [-0.15, -0.1) is 0 Å². The van der Waals surface area contributed by atoms with Gasteiger partial charge in [-0.3, -0.25) is 4.79 Å². The summed E-state index contributed by atoms with van der Waals surface area (Å²) in [5, 5.41) is 0. The van der Waals surface area contributed by atoms with Crippen molar-refractivity contribution in [2.24, 2.45) is 5.73 Å². The summed E-state index contributed by atoms with van der Waals surface area (Å²) in [6.45, 7) is 4.37. The zero-order chi connectivity index (χ0) is 31.3. The van der Waals surface area contributed by atoms with Crippen molar-refractivity contribution in [3.8, 4) is 0 Å². The first-order chi connectivity index (χ1) is 21.2. The van der Waals surface area contributed by atoms with E-state index < -0.39 is 0 Å². The molecule has 0 aliphatic heterocycles. The zero-order valence-electron chi connectivity index (χ0n) is 29.4. The van der Waals surface area contributed by atoms with E-state index in [1.165, 1.54) is 161 Å². The molecule has 0 heterocycles. The van der Waals surface area contributed by atoms with Gasteiger partial charge in [-0.05, 0) is 83.5 Å². The first kappa shape index (κ1) is 41.9. The number of allylic oxidation sites excluding steroid dienone is 6.